The summed E-state index contributed by atoms with van der Waals surface area (Å²) in [7, 11) is -3.58. The van der Waals surface area contributed by atoms with Gasteiger partial charge in [0.25, 0.3) is 10.0 Å². The minimum atomic E-state index is -3.58. The Hall–Kier alpha value is -2.34. The van der Waals surface area contributed by atoms with Crippen molar-refractivity contribution in [2.45, 2.75) is 49.1 Å². The number of rotatable bonds is 3. The van der Waals surface area contributed by atoms with E-state index in [1.807, 2.05) is 36.4 Å². The first-order valence-corrected chi connectivity index (χ1v) is 11.1. The molecule has 27 heavy (non-hydrogen) atoms. The van der Waals surface area contributed by atoms with Crippen LogP contribution in [0.5, 0.6) is 0 Å². The minimum Gasteiger partial charge on any atom is -0.365 e. The van der Waals surface area contributed by atoms with Gasteiger partial charge in [-0.2, -0.15) is 0 Å². The van der Waals surface area contributed by atoms with Gasteiger partial charge < -0.3 is 5.32 Å². The Morgan fingerprint density at radius 3 is 2.78 bits per heavy atom. The van der Waals surface area contributed by atoms with Crippen molar-refractivity contribution in [2.24, 2.45) is 4.99 Å². The Morgan fingerprint density at radius 2 is 1.89 bits per heavy atom. The van der Waals surface area contributed by atoms with Gasteiger partial charge in [0.05, 0.1) is 16.6 Å². The number of benzene rings is 2. The van der Waals surface area contributed by atoms with E-state index in [1.165, 1.54) is 17.1 Å². The number of nitrogens with zero attached hydrogens (tertiary/aromatic N) is 2. The molecule has 2 aromatic carbocycles. The lowest BCUT2D eigenvalue weighted by molar-refractivity contribution is 0.385. The van der Waals surface area contributed by atoms with Crippen molar-refractivity contribution in [3.05, 3.63) is 59.7 Å². The van der Waals surface area contributed by atoms with E-state index in [-0.39, 0.29) is 0 Å². The molecular weight excluding hydrogens is 358 g/mol. The van der Waals surface area contributed by atoms with Gasteiger partial charge in [-0.1, -0.05) is 43.2 Å². The summed E-state index contributed by atoms with van der Waals surface area (Å²) in [6, 6.07) is 15.7. The fourth-order valence-corrected chi connectivity index (χ4v) is 6.01. The number of hydrogen-bond donors (Lipinski definition) is 1. The van der Waals surface area contributed by atoms with E-state index in [0.717, 1.165) is 41.9 Å². The number of nitrogens with one attached hydrogen (secondary N) is 1. The predicted octanol–water partition coefficient (Wildman–Crippen LogP) is 3.10. The van der Waals surface area contributed by atoms with Crippen molar-refractivity contribution >= 4 is 21.5 Å². The third-order valence-corrected chi connectivity index (χ3v) is 7.70. The maximum Gasteiger partial charge on any atom is 0.264 e. The zero-order valence-corrected chi connectivity index (χ0v) is 16.0. The smallest absolute Gasteiger partial charge is 0.264 e. The Labute approximate surface area is 160 Å². The van der Waals surface area contributed by atoms with Crippen LogP contribution < -0.4 is 9.62 Å². The van der Waals surface area contributed by atoms with Gasteiger partial charge in [0.2, 0.25) is 0 Å². The fraction of sp³-hybridized carbons (Fsp3) is 0.381. The summed E-state index contributed by atoms with van der Waals surface area (Å²) in [6.45, 7) is 0.495. The van der Waals surface area contributed by atoms with Crippen molar-refractivity contribution in [1.29, 1.82) is 0 Å². The molecule has 0 spiro atoms. The molecule has 0 bridgehead atoms. The van der Waals surface area contributed by atoms with E-state index in [1.54, 1.807) is 12.1 Å². The van der Waals surface area contributed by atoms with Crippen LogP contribution >= 0.6 is 0 Å². The quantitative estimate of drug-likeness (QED) is 0.889. The molecule has 0 amide bonds. The zero-order valence-electron chi connectivity index (χ0n) is 15.1. The molecule has 2 atom stereocenters. The second-order valence-electron chi connectivity index (χ2n) is 7.56. The number of para-hydroxylation sites is 1. The minimum absolute atomic E-state index is 0.330. The fourth-order valence-electron chi connectivity index (χ4n) is 4.46. The normalized spacial score (nSPS) is 24.1. The van der Waals surface area contributed by atoms with Gasteiger partial charge in [0.15, 0.2) is 0 Å². The summed E-state index contributed by atoms with van der Waals surface area (Å²) < 4.78 is 28.1. The predicted molar refractivity (Wildman–Crippen MR) is 107 cm³/mol. The van der Waals surface area contributed by atoms with Crippen molar-refractivity contribution in [1.82, 2.24) is 5.32 Å². The summed E-state index contributed by atoms with van der Waals surface area (Å²) in [5, 5.41) is 3.51. The Morgan fingerprint density at radius 1 is 1.04 bits per heavy atom. The summed E-state index contributed by atoms with van der Waals surface area (Å²) in [5.74, 6) is 0.839. The van der Waals surface area contributed by atoms with Crippen LogP contribution in [-0.2, 0) is 16.4 Å². The lowest BCUT2D eigenvalue weighted by Crippen LogP contribution is -2.37. The molecule has 5 nitrogen and oxygen atoms in total. The first-order valence-electron chi connectivity index (χ1n) is 9.68. The molecule has 2 aromatic rings. The molecule has 2 aliphatic heterocycles. The highest BCUT2D eigenvalue weighted by Gasteiger charge is 2.33. The monoisotopic (exact) mass is 381 g/mol. The molecule has 3 aliphatic rings. The molecule has 6 heteroatoms. The highest BCUT2D eigenvalue weighted by atomic mass is 32.2. The number of sulfonamides is 1. The van der Waals surface area contributed by atoms with Crippen molar-refractivity contribution < 1.29 is 8.42 Å². The summed E-state index contributed by atoms with van der Waals surface area (Å²) in [4.78, 5) is 5.16. The Bertz CT molecular complexity index is 1020. The topological polar surface area (TPSA) is 61.8 Å². The number of fused-ring (bicyclic) bond motifs is 2. The number of hydrogen-bond acceptors (Lipinski definition) is 4. The average molecular weight is 382 g/mol. The van der Waals surface area contributed by atoms with E-state index in [9.17, 15) is 8.42 Å². The molecule has 140 valence electrons. The molecule has 5 rings (SSSR count). The van der Waals surface area contributed by atoms with Crippen LogP contribution in [0.15, 0.2) is 58.4 Å². The SMILES string of the molecule is O=S(=O)(c1cccc(C2=NC3CCCCC3N2)c1)N1CCc2ccccc21. The molecule has 0 saturated heterocycles. The van der Waals surface area contributed by atoms with Crippen LogP contribution in [0, 0.1) is 0 Å². The average Bonchev–Trinajstić information content (AvgIpc) is 3.32. The van der Waals surface area contributed by atoms with Crippen LogP contribution in [0.3, 0.4) is 0 Å². The van der Waals surface area contributed by atoms with Gasteiger partial charge in [0.1, 0.15) is 5.84 Å². The van der Waals surface area contributed by atoms with Gasteiger partial charge in [-0.25, -0.2) is 8.42 Å². The molecule has 0 aromatic heterocycles. The van der Waals surface area contributed by atoms with Crippen molar-refractivity contribution in [3.8, 4) is 0 Å². The second-order valence-corrected chi connectivity index (χ2v) is 9.43. The van der Waals surface area contributed by atoms with E-state index >= 15 is 0 Å². The highest BCUT2D eigenvalue weighted by Crippen LogP contribution is 2.33. The molecule has 2 unspecified atom stereocenters. The molecule has 1 N–H and O–H groups in total. The summed E-state index contributed by atoms with van der Waals surface area (Å²) in [5.41, 5.74) is 2.74. The van der Waals surface area contributed by atoms with Gasteiger partial charge >= 0.3 is 0 Å². The van der Waals surface area contributed by atoms with E-state index in [2.05, 4.69) is 5.32 Å². The Kier molecular flexibility index (Phi) is 3.97. The lowest BCUT2D eigenvalue weighted by Gasteiger charge is -2.23. The third kappa shape index (κ3) is 2.83. The lowest BCUT2D eigenvalue weighted by atomic mass is 9.92. The molecule has 2 heterocycles. The first-order chi connectivity index (χ1) is 13.1. The maximum absolute atomic E-state index is 13.3. The largest absolute Gasteiger partial charge is 0.365 e. The molecule has 1 saturated carbocycles. The van der Waals surface area contributed by atoms with Gasteiger partial charge in [-0.05, 0) is 43.0 Å². The van der Waals surface area contributed by atoms with Crippen molar-refractivity contribution in [2.75, 3.05) is 10.8 Å². The highest BCUT2D eigenvalue weighted by molar-refractivity contribution is 7.92. The molecule has 0 radical (unpaired) electrons. The van der Waals surface area contributed by atoms with Crippen LogP contribution in [0.25, 0.3) is 0 Å². The molecule has 1 fully saturated rings. The van der Waals surface area contributed by atoms with Gasteiger partial charge in [-0.3, -0.25) is 9.30 Å². The van der Waals surface area contributed by atoms with E-state index < -0.39 is 10.0 Å². The van der Waals surface area contributed by atoms with Gasteiger partial charge in [0, 0.05) is 18.2 Å². The second kappa shape index (κ2) is 6.37. The molecule has 1 aliphatic carbocycles. The van der Waals surface area contributed by atoms with Crippen LogP contribution in [-0.4, -0.2) is 32.9 Å². The zero-order chi connectivity index (χ0) is 18.4. The number of amidine groups is 1. The summed E-state index contributed by atoms with van der Waals surface area (Å²) in [6.07, 6.45) is 5.47. The maximum atomic E-state index is 13.3. The Balaban J connectivity index is 1.47. The van der Waals surface area contributed by atoms with Crippen LogP contribution in [0.4, 0.5) is 5.69 Å². The molecular formula is C21H23N3O2S. The van der Waals surface area contributed by atoms with Crippen LogP contribution in [0.2, 0.25) is 0 Å². The van der Waals surface area contributed by atoms with Crippen LogP contribution in [0.1, 0.15) is 36.8 Å². The summed E-state index contributed by atoms with van der Waals surface area (Å²) >= 11 is 0. The third-order valence-electron chi connectivity index (χ3n) is 5.89. The standard InChI is InChI=1S/C21H23N3O2S/c25-27(26,24-13-12-15-6-1-4-11-20(15)24)17-8-5-7-16(14-17)21-22-18-9-2-3-10-19(18)23-21/h1,4-8,11,14,18-19H,2-3,9-10,12-13H2,(H,22,23). The van der Waals surface area contributed by atoms with E-state index in [0.29, 0.717) is 23.5 Å². The van der Waals surface area contributed by atoms with Crippen molar-refractivity contribution in [3.63, 3.8) is 0 Å². The number of aliphatic imine (C=N–C) groups is 1. The first kappa shape index (κ1) is 16.8. The van der Waals surface area contributed by atoms with E-state index in [4.69, 9.17) is 4.99 Å². The van der Waals surface area contributed by atoms with Gasteiger partial charge in [-0.15, -0.1) is 0 Å². The number of anilines is 1.